The topological polar surface area (TPSA) is 37.7 Å². The fourth-order valence-electron chi connectivity index (χ4n) is 6.44. The van der Waals surface area contributed by atoms with Crippen LogP contribution in [0.1, 0.15) is 38.5 Å². The number of nitrogens with zero attached hydrogens (tertiary/aromatic N) is 2. The molecule has 1 saturated heterocycles. The SMILES string of the molecule is O=C(N1CCN(c2cccc[nH+]2)CC1)C12CC3CC(CC(C3)C1)C2. The first kappa shape index (κ1) is 14.7. The highest BCUT2D eigenvalue weighted by atomic mass is 16.2. The maximum Gasteiger partial charge on any atom is 0.274 e. The second-order valence-electron chi connectivity index (χ2n) is 8.72. The number of aromatic nitrogens is 1. The zero-order chi connectivity index (χ0) is 16.1. The Balaban J connectivity index is 1.28. The van der Waals surface area contributed by atoms with Crippen molar-refractivity contribution in [1.29, 1.82) is 0 Å². The van der Waals surface area contributed by atoms with Gasteiger partial charge in [-0.1, -0.05) is 6.07 Å². The van der Waals surface area contributed by atoms with Crippen LogP contribution in [0.15, 0.2) is 24.4 Å². The standard InChI is InChI=1S/C20H27N3O/c24-19(20-12-15-9-16(13-20)11-17(10-15)14-20)23-7-5-22(6-8-23)18-3-1-2-4-21-18/h1-4,15-17H,5-14H2/p+1. The Bertz CT molecular complexity index is 586. The van der Waals surface area contributed by atoms with Crippen molar-refractivity contribution in [2.75, 3.05) is 31.1 Å². The van der Waals surface area contributed by atoms with E-state index in [0.717, 1.165) is 43.9 Å². The maximum absolute atomic E-state index is 13.4. The van der Waals surface area contributed by atoms with Crippen molar-refractivity contribution in [3.8, 4) is 0 Å². The molecular formula is C20H28N3O+. The molecule has 1 N–H and O–H groups in total. The lowest BCUT2D eigenvalue weighted by atomic mass is 9.49. The van der Waals surface area contributed by atoms with Crippen LogP contribution in [0.2, 0.25) is 0 Å². The van der Waals surface area contributed by atoms with Crippen LogP contribution in [0.25, 0.3) is 0 Å². The minimum Gasteiger partial charge on any atom is -0.334 e. The molecule has 0 unspecified atom stereocenters. The number of hydrogen-bond acceptors (Lipinski definition) is 2. The van der Waals surface area contributed by atoms with Crippen LogP contribution in [0, 0.1) is 23.2 Å². The number of piperazine rings is 1. The summed E-state index contributed by atoms with van der Waals surface area (Å²) in [5, 5.41) is 0. The lowest BCUT2D eigenvalue weighted by molar-refractivity contribution is -0.364. The highest BCUT2D eigenvalue weighted by Crippen LogP contribution is 2.60. The molecule has 0 atom stereocenters. The Labute approximate surface area is 144 Å². The summed E-state index contributed by atoms with van der Waals surface area (Å²) in [7, 11) is 0. The monoisotopic (exact) mass is 326 g/mol. The first-order valence-electron chi connectivity index (χ1n) is 9.73. The van der Waals surface area contributed by atoms with Gasteiger partial charge in [-0.2, -0.15) is 0 Å². The van der Waals surface area contributed by atoms with Crippen molar-refractivity contribution >= 4 is 11.7 Å². The Morgan fingerprint density at radius 2 is 1.58 bits per heavy atom. The van der Waals surface area contributed by atoms with Gasteiger partial charge in [-0.15, -0.1) is 0 Å². The highest BCUT2D eigenvalue weighted by molar-refractivity contribution is 5.83. The third-order valence-corrected chi connectivity index (χ3v) is 7.09. The lowest BCUT2D eigenvalue weighted by Crippen LogP contribution is -2.58. The number of carbonyl (C=O) groups is 1. The van der Waals surface area contributed by atoms with Crippen LogP contribution in [0.4, 0.5) is 5.82 Å². The fourth-order valence-corrected chi connectivity index (χ4v) is 6.44. The number of carbonyl (C=O) groups excluding carboxylic acids is 1. The Morgan fingerprint density at radius 1 is 0.958 bits per heavy atom. The molecule has 6 rings (SSSR count). The van der Waals surface area contributed by atoms with E-state index in [9.17, 15) is 4.79 Å². The molecule has 0 radical (unpaired) electrons. The summed E-state index contributed by atoms with van der Waals surface area (Å²) in [6, 6.07) is 6.20. The second kappa shape index (κ2) is 5.47. The molecule has 4 nitrogen and oxygen atoms in total. The largest absolute Gasteiger partial charge is 0.334 e. The van der Waals surface area contributed by atoms with Gasteiger partial charge in [0.2, 0.25) is 5.91 Å². The van der Waals surface area contributed by atoms with E-state index < -0.39 is 0 Å². The van der Waals surface area contributed by atoms with E-state index in [1.807, 2.05) is 12.3 Å². The summed E-state index contributed by atoms with van der Waals surface area (Å²) in [4.78, 5) is 21.3. The quantitative estimate of drug-likeness (QED) is 0.837. The average Bonchev–Trinajstić information content (AvgIpc) is 2.61. The fraction of sp³-hybridized carbons (Fsp3) is 0.700. The van der Waals surface area contributed by atoms with Crippen molar-refractivity contribution in [1.82, 2.24) is 4.90 Å². The van der Waals surface area contributed by atoms with Gasteiger partial charge < -0.3 is 4.90 Å². The van der Waals surface area contributed by atoms with Crippen LogP contribution < -0.4 is 9.88 Å². The summed E-state index contributed by atoms with van der Waals surface area (Å²) in [6.07, 6.45) is 9.75. The molecule has 0 aromatic carbocycles. The number of H-pyrrole nitrogens is 1. The molecule has 4 saturated carbocycles. The van der Waals surface area contributed by atoms with Crippen molar-refractivity contribution in [3.63, 3.8) is 0 Å². The van der Waals surface area contributed by atoms with E-state index in [1.54, 1.807) is 0 Å². The predicted octanol–water partition coefficient (Wildman–Crippen LogP) is 2.37. The van der Waals surface area contributed by atoms with Gasteiger partial charge in [0.05, 0.1) is 24.7 Å². The van der Waals surface area contributed by atoms with Gasteiger partial charge in [-0.05, 0) is 62.3 Å². The predicted molar refractivity (Wildman–Crippen MR) is 92.4 cm³/mol. The van der Waals surface area contributed by atoms with Gasteiger partial charge in [0, 0.05) is 6.07 Å². The molecule has 4 bridgehead atoms. The molecule has 1 amide bonds. The second-order valence-corrected chi connectivity index (χ2v) is 8.72. The third-order valence-electron chi connectivity index (χ3n) is 7.09. The van der Waals surface area contributed by atoms with E-state index in [4.69, 9.17) is 0 Å². The summed E-state index contributed by atoms with van der Waals surface area (Å²) < 4.78 is 0. The molecule has 1 aliphatic heterocycles. The number of pyridine rings is 1. The zero-order valence-electron chi connectivity index (χ0n) is 14.4. The van der Waals surface area contributed by atoms with Crippen molar-refractivity contribution in [2.45, 2.75) is 38.5 Å². The molecule has 4 heteroatoms. The number of hydrogen-bond donors (Lipinski definition) is 0. The number of anilines is 1. The summed E-state index contributed by atoms with van der Waals surface area (Å²) in [5.41, 5.74) is 0.0236. The molecule has 5 fully saturated rings. The molecule has 4 aliphatic carbocycles. The summed E-state index contributed by atoms with van der Waals surface area (Å²) >= 11 is 0. The van der Waals surface area contributed by atoms with Crippen LogP contribution in [-0.2, 0) is 4.79 Å². The molecule has 1 aromatic rings. The minimum atomic E-state index is 0.0236. The van der Waals surface area contributed by atoms with Gasteiger partial charge in [0.15, 0.2) is 0 Å². The van der Waals surface area contributed by atoms with Crippen molar-refractivity contribution < 1.29 is 9.78 Å². The first-order chi connectivity index (χ1) is 11.7. The smallest absolute Gasteiger partial charge is 0.274 e. The molecular weight excluding hydrogens is 298 g/mol. The summed E-state index contributed by atoms with van der Waals surface area (Å²) in [5.74, 6) is 4.21. The van der Waals surface area contributed by atoms with Crippen LogP contribution in [-0.4, -0.2) is 37.0 Å². The van der Waals surface area contributed by atoms with Gasteiger partial charge in [0.1, 0.15) is 13.1 Å². The van der Waals surface area contributed by atoms with E-state index in [2.05, 4.69) is 26.9 Å². The van der Waals surface area contributed by atoms with Crippen LogP contribution in [0.5, 0.6) is 0 Å². The molecule has 24 heavy (non-hydrogen) atoms. The molecule has 128 valence electrons. The Morgan fingerprint density at radius 3 is 2.12 bits per heavy atom. The first-order valence-corrected chi connectivity index (χ1v) is 9.73. The maximum atomic E-state index is 13.4. The zero-order valence-corrected chi connectivity index (χ0v) is 14.4. The van der Waals surface area contributed by atoms with E-state index in [0.29, 0.717) is 5.91 Å². The third kappa shape index (κ3) is 2.34. The Hall–Kier alpha value is -1.58. The number of amides is 1. The van der Waals surface area contributed by atoms with Gasteiger partial charge >= 0.3 is 0 Å². The highest BCUT2D eigenvalue weighted by Gasteiger charge is 2.55. The van der Waals surface area contributed by atoms with E-state index in [-0.39, 0.29) is 5.41 Å². The average molecular weight is 326 g/mol. The van der Waals surface area contributed by atoms with Crippen molar-refractivity contribution in [3.05, 3.63) is 24.4 Å². The molecule has 5 aliphatic rings. The number of nitrogens with one attached hydrogen (secondary N) is 1. The van der Waals surface area contributed by atoms with Crippen molar-refractivity contribution in [2.24, 2.45) is 23.2 Å². The number of rotatable bonds is 2. The lowest BCUT2D eigenvalue weighted by Gasteiger charge is -2.56. The molecule has 2 heterocycles. The van der Waals surface area contributed by atoms with Gasteiger partial charge in [-0.25, -0.2) is 4.98 Å². The number of aromatic amines is 1. The summed E-state index contributed by atoms with van der Waals surface area (Å²) in [6.45, 7) is 3.64. The van der Waals surface area contributed by atoms with Gasteiger partial charge in [0.25, 0.3) is 5.82 Å². The van der Waals surface area contributed by atoms with E-state index >= 15 is 0 Å². The Kier molecular flexibility index (Phi) is 3.36. The van der Waals surface area contributed by atoms with E-state index in [1.165, 1.54) is 44.3 Å². The van der Waals surface area contributed by atoms with Crippen LogP contribution >= 0.6 is 0 Å². The minimum absolute atomic E-state index is 0.0236. The molecule has 1 aromatic heterocycles. The normalized spacial score (nSPS) is 37.8. The van der Waals surface area contributed by atoms with Crippen LogP contribution in [0.3, 0.4) is 0 Å². The van der Waals surface area contributed by atoms with Gasteiger partial charge in [-0.3, -0.25) is 9.69 Å². The molecule has 0 spiro atoms.